The summed E-state index contributed by atoms with van der Waals surface area (Å²) in [6.07, 6.45) is 5.48. The van der Waals surface area contributed by atoms with Gasteiger partial charge in [0.2, 0.25) is 10.0 Å². The first-order valence-corrected chi connectivity index (χ1v) is 7.42. The Morgan fingerprint density at radius 2 is 2.13 bits per heavy atom. The second-order valence-corrected chi connectivity index (χ2v) is 6.24. The molecule has 0 aliphatic heterocycles. The van der Waals surface area contributed by atoms with Crippen LogP contribution in [0.2, 0.25) is 0 Å². The van der Waals surface area contributed by atoms with Crippen LogP contribution in [0, 0.1) is 5.92 Å². The molecule has 2 unspecified atom stereocenters. The predicted octanol–water partition coefficient (Wildman–Crippen LogP) is 0.833. The van der Waals surface area contributed by atoms with Gasteiger partial charge in [0, 0.05) is 12.6 Å². The minimum Gasteiger partial charge on any atom is -0.329 e. The molecule has 1 aliphatic carbocycles. The van der Waals surface area contributed by atoms with Gasteiger partial charge in [-0.05, 0) is 18.8 Å². The van der Waals surface area contributed by atoms with Gasteiger partial charge in [0.05, 0.1) is 5.75 Å². The molecular formula is C10H22N2O2S. The van der Waals surface area contributed by atoms with Crippen LogP contribution in [0.15, 0.2) is 0 Å². The lowest BCUT2D eigenvalue weighted by molar-refractivity contribution is 0.301. The number of rotatable bonds is 5. The molecule has 0 aromatic carbocycles. The molecule has 1 fully saturated rings. The molecule has 0 heterocycles. The standard InChI is InChI=1S/C10H22N2O2S/c1-2-9-4-3-5-10(8-9)12-15(13,14)7-6-11/h9-10,12H,2-8,11H2,1H3. The van der Waals surface area contributed by atoms with Crippen molar-refractivity contribution in [3.63, 3.8) is 0 Å². The van der Waals surface area contributed by atoms with Crippen LogP contribution in [0.25, 0.3) is 0 Å². The van der Waals surface area contributed by atoms with Crippen LogP contribution >= 0.6 is 0 Å². The van der Waals surface area contributed by atoms with Crippen LogP contribution in [0.1, 0.15) is 39.0 Å². The summed E-state index contributed by atoms with van der Waals surface area (Å²) in [6.45, 7) is 2.36. The number of nitrogens with two attached hydrogens (primary N) is 1. The van der Waals surface area contributed by atoms with Crippen molar-refractivity contribution >= 4 is 10.0 Å². The molecule has 1 saturated carbocycles. The molecule has 5 heteroatoms. The minimum atomic E-state index is -3.14. The second-order valence-electron chi connectivity index (χ2n) is 4.36. The summed E-state index contributed by atoms with van der Waals surface area (Å²) in [7, 11) is -3.14. The van der Waals surface area contributed by atoms with Crippen LogP contribution in [0.4, 0.5) is 0 Å². The first kappa shape index (κ1) is 12.9. The van der Waals surface area contributed by atoms with E-state index in [1.807, 2.05) is 0 Å². The predicted molar refractivity (Wildman–Crippen MR) is 62.0 cm³/mol. The third-order valence-electron chi connectivity index (χ3n) is 3.09. The highest BCUT2D eigenvalue weighted by atomic mass is 32.2. The Labute approximate surface area is 92.7 Å². The van der Waals surface area contributed by atoms with Crippen molar-refractivity contribution in [2.24, 2.45) is 11.7 Å². The SMILES string of the molecule is CCC1CCCC(NS(=O)(=O)CCN)C1. The monoisotopic (exact) mass is 234 g/mol. The zero-order chi connectivity index (χ0) is 11.3. The normalized spacial score (nSPS) is 27.9. The molecule has 15 heavy (non-hydrogen) atoms. The zero-order valence-corrected chi connectivity index (χ0v) is 10.2. The molecule has 0 aromatic rings. The molecule has 1 aliphatic rings. The Morgan fingerprint density at radius 3 is 2.73 bits per heavy atom. The Balaban J connectivity index is 2.44. The molecule has 90 valence electrons. The summed E-state index contributed by atoms with van der Waals surface area (Å²) in [4.78, 5) is 0. The summed E-state index contributed by atoms with van der Waals surface area (Å²) in [5.41, 5.74) is 5.25. The smallest absolute Gasteiger partial charge is 0.213 e. The summed E-state index contributed by atoms with van der Waals surface area (Å²) >= 11 is 0. The molecule has 0 saturated heterocycles. The van der Waals surface area contributed by atoms with Crippen molar-refractivity contribution in [1.29, 1.82) is 0 Å². The van der Waals surface area contributed by atoms with E-state index in [2.05, 4.69) is 11.6 Å². The van der Waals surface area contributed by atoms with Gasteiger partial charge in [-0.1, -0.05) is 26.2 Å². The maximum absolute atomic E-state index is 11.5. The topological polar surface area (TPSA) is 72.2 Å². The molecular weight excluding hydrogens is 212 g/mol. The van der Waals surface area contributed by atoms with Crippen LogP contribution in [0.3, 0.4) is 0 Å². The van der Waals surface area contributed by atoms with Crippen molar-refractivity contribution in [2.75, 3.05) is 12.3 Å². The van der Waals surface area contributed by atoms with Gasteiger partial charge < -0.3 is 5.73 Å². The molecule has 0 spiro atoms. The lowest BCUT2D eigenvalue weighted by Gasteiger charge is -2.28. The van der Waals surface area contributed by atoms with E-state index in [1.54, 1.807) is 0 Å². The Kier molecular flexibility index (Phi) is 5.02. The van der Waals surface area contributed by atoms with Crippen LogP contribution in [0.5, 0.6) is 0 Å². The third kappa shape index (κ3) is 4.49. The van der Waals surface area contributed by atoms with Crippen molar-refractivity contribution in [3.05, 3.63) is 0 Å². The highest BCUT2D eigenvalue weighted by Gasteiger charge is 2.24. The number of sulfonamides is 1. The molecule has 0 bridgehead atoms. The molecule has 3 N–H and O–H groups in total. The molecule has 4 nitrogen and oxygen atoms in total. The van der Waals surface area contributed by atoms with E-state index in [9.17, 15) is 8.42 Å². The largest absolute Gasteiger partial charge is 0.329 e. The van der Waals surface area contributed by atoms with E-state index in [0.29, 0.717) is 5.92 Å². The fourth-order valence-corrected chi connectivity index (χ4v) is 3.39. The van der Waals surface area contributed by atoms with Crippen LogP contribution in [-0.4, -0.2) is 26.8 Å². The van der Waals surface area contributed by atoms with E-state index < -0.39 is 10.0 Å². The van der Waals surface area contributed by atoms with E-state index >= 15 is 0 Å². The van der Waals surface area contributed by atoms with Gasteiger partial charge in [-0.3, -0.25) is 0 Å². The van der Waals surface area contributed by atoms with Gasteiger partial charge in [-0.2, -0.15) is 0 Å². The van der Waals surface area contributed by atoms with Gasteiger partial charge in [0.25, 0.3) is 0 Å². The average Bonchev–Trinajstić information content (AvgIpc) is 2.17. The molecule has 1 rings (SSSR count). The molecule has 0 radical (unpaired) electrons. The summed E-state index contributed by atoms with van der Waals surface area (Å²) in [5.74, 6) is 0.727. The maximum Gasteiger partial charge on any atom is 0.213 e. The Hall–Kier alpha value is -0.130. The minimum absolute atomic E-state index is 0.0420. The van der Waals surface area contributed by atoms with Gasteiger partial charge in [-0.15, -0.1) is 0 Å². The Bertz CT molecular complexity index is 277. The van der Waals surface area contributed by atoms with Crippen LogP contribution in [-0.2, 0) is 10.0 Å². The van der Waals surface area contributed by atoms with E-state index in [-0.39, 0.29) is 18.3 Å². The van der Waals surface area contributed by atoms with Crippen molar-refractivity contribution in [3.8, 4) is 0 Å². The highest BCUT2D eigenvalue weighted by Crippen LogP contribution is 2.26. The molecule has 0 aromatic heterocycles. The zero-order valence-electron chi connectivity index (χ0n) is 9.41. The lowest BCUT2D eigenvalue weighted by Crippen LogP contribution is -2.40. The van der Waals surface area contributed by atoms with Crippen molar-refractivity contribution in [2.45, 2.75) is 45.1 Å². The van der Waals surface area contributed by atoms with E-state index in [4.69, 9.17) is 5.73 Å². The second kappa shape index (κ2) is 5.82. The van der Waals surface area contributed by atoms with E-state index in [0.717, 1.165) is 25.7 Å². The first-order valence-electron chi connectivity index (χ1n) is 5.77. The third-order valence-corrected chi connectivity index (χ3v) is 4.56. The number of hydrogen-bond donors (Lipinski definition) is 2. The fourth-order valence-electron chi connectivity index (χ4n) is 2.24. The summed E-state index contributed by atoms with van der Waals surface area (Å²) < 4.78 is 25.8. The van der Waals surface area contributed by atoms with Gasteiger partial charge in [-0.25, -0.2) is 13.1 Å². The number of nitrogens with one attached hydrogen (secondary N) is 1. The molecule has 2 atom stereocenters. The molecule has 0 amide bonds. The fraction of sp³-hybridized carbons (Fsp3) is 1.00. The quantitative estimate of drug-likeness (QED) is 0.740. The Morgan fingerprint density at radius 1 is 1.40 bits per heavy atom. The summed E-state index contributed by atoms with van der Waals surface area (Å²) in [6, 6.07) is 0.139. The van der Waals surface area contributed by atoms with E-state index in [1.165, 1.54) is 6.42 Å². The van der Waals surface area contributed by atoms with Crippen molar-refractivity contribution in [1.82, 2.24) is 4.72 Å². The highest BCUT2D eigenvalue weighted by molar-refractivity contribution is 7.89. The average molecular weight is 234 g/mol. The maximum atomic E-state index is 11.5. The first-order chi connectivity index (χ1) is 7.07. The summed E-state index contributed by atoms with van der Waals surface area (Å²) in [5, 5.41) is 0. The lowest BCUT2D eigenvalue weighted by atomic mass is 9.85. The number of hydrogen-bond acceptors (Lipinski definition) is 3. The van der Waals surface area contributed by atoms with Gasteiger partial charge >= 0.3 is 0 Å². The van der Waals surface area contributed by atoms with Gasteiger partial charge in [0.15, 0.2) is 0 Å². The van der Waals surface area contributed by atoms with Crippen LogP contribution < -0.4 is 10.5 Å². The van der Waals surface area contributed by atoms with Gasteiger partial charge in [0.1, 0.15) is 0 Å². The van der Waals surface area contributed by atoms with Crippen molar-refractivity contribution < 1.29 is 8.42 Å².